The molecule has 748 valence electrons. The van der Waals surface area contributed by atoms with Crippen LogP contribution in [0.2, 0.25) is 0 Å². The van der Waals surface area contributed by atoms with E-state index in [0.717, 1.165) is 56.7 Å². The fourth-order valence-electron chi connectivity index (χ4n) is 19.1. The summed E-state index contributed by atoms with van der Waals surface area (Å²) in [5.74, 6) is -6.49. The molecule has 4 saturated heterocycles. The molecule has 5 aliphatic heterocycles. The summed E-state index contributed by atoms with van der Waals surface area (Å²) in [6.45, 7) is 20.5. The number of piperidine rings is 1. The van der Waals surface area contributed by atoms with Crippen LogP contribution in [0.1, 0.15) is 193 Å². The van der Waals surface area contributed by atoms with Gasteiger partial charge in [-0.05, 0) is 144 Å². The quantitative estimate of drug-likeness (QED) is 0.00495. The molecule has 3 amide bonds. The minimum atomic E-state index is -2.47. The lowest BCUT2D eigenvalue weighted by molar-refractivity contribution is -0.265. The number of fused-ring (bicyclic) bond motifs is 5. The zero-order valence-electron chi connectivity index (χ0n) is 81.1. The van der Waals surface area contributed by atoms with Crippen LogP contribution in [0.15, 0.2) is 106 Å². The van der Waals surface area contributed by atoms with E-state index in [1.54, 1.807) is 71.9 Å². The van der Waals surface area contributed by atoms with Gasteiger partial charge >= 0.3 is 5.97 Å². The lowest BCUT2D eigenvalue weighted by Crippen LogP contribution is -2.61. The smallest absolute Gasteiger partial charge is 0.329 e. The van der Waals surface area contributed by atoms with Gasteiger partial charge in [0.2, 0.25) is 29.5 Å². The molecule has 1 saturated carbocycles. The second-order valence-electron chi connectivity index (χ2n) is 37.7. The minimum absolute atomic E-state index is 0.0108. The molecular formula is C99H142N18O20. The van der Waals surface area contributed by atoms with Crippen molar-refractivity contribution in [1.82, 2.24) is 64.7 Å². The van der Waals surface area contributed by atoms with Crippen molar-refractivity contribution in [2.45, 2.75) is 251 Å². The molecule has 38 nitrogen and oxygen atoms in total. The van der Waals surface area contributed by atoms with Gasteiger partial charge in [0.05, 0.1) is 73.4 Å². The molecule has 6 aliphatic rings. The number of cyclic esters (lactones) is 1. The van der Waals surface area contributed by atoms with E-state index in [9.17, 15) is 54.0 Å². The van der Waals surface area contributed by atoms with E-state index in [4.69, 9.17) is 59.0 Å². The number of allylic oxidation sites excluding steroid dienone is 5. The number of piperazine rings is 2. The Morgan fingerprint density at radius 3 is 2.18 bits per heavy atom. The number of nitrogens with two attached hydrogens (primary N) is 2. The first-order chi connectivity index (χ1) is 66.0. The molecule has 0 spiro atoms. The van der Waals surface area contributed by atoms with Crippen LogP contribution < -0.4 is 26.6 Å². The van der Waals surface area contributed by atoms with E-state index >= 15 is 0 Å². The maximum absolute atomic E-state index is 14.8. The summed E-state index contributed by atoms with van der Waals surface area (Å²) in [7, 11) is 4.59. The average molecular weight is 1900 g/mol. The summed E-state index contributed by atoms with van der Waals surface area (Å²) in [6.07, 6.45) is 21.5. The van der Waals surface area contributed by atoms with Gasteiger partial charge in [0.1, 0.15) is 47.7 Å². The lowest BCUT2D eigenvalue weighted by Gasteiger charge is -2.43. The summed E-state index contributed by atoms with van der Waals surface area (Å²) in [5, 5.41) is 60.3. The summed E-state index contributed by atoms with van der Waals surface area (Å²) < 4.78 is 49.3. The number of oxazole rings is 1. The number of aromatic nitrogens is 9. The van der Waals surface area contributed by atoms with E-state index in [1.165, 1.54) is 18.3 Å². The van der Waals surface area contributed by atoms with Crippen LogP contribution in [0.4, 0.5) is 23.7 Å². The van der Waals surface area contributed by atoms with Crippen LogP contribution in [-0.4, -0.2) is 307 Å². The lowest BCUT2D eigenvalue weighted by atomic mass is 9.78. The van der Waals surface area contributed by atoms with Gasteiger partial charge in [-0.15, -0.1) is 0 Å². The molecule has 2 bridgehead atoms. The number of nitrogens with one attached hydrogen (secondary N) is 1. The number of aliphatic hydroxyl groups excluding tert-OH is 3. The molecule has 16 atom stereocenters. The van der Waals surface area contributed by atoms with Gasteiger partial charge < -0.3 is 99.2 Å². The third kappa shape index (κ3) is 29.1. The van der Waals surface area contributed by atoms with Crippen LogP contribution in [0.3, 0.4) is 0 Å². The van der Waals surface area contributed by atoms with E-state index in [0.29, 0.717) is 191 Å². The summed E-state index contributed by atoms with van der Waals surface area (Å²) in [6, 6.07) is 4.42. The number of esters is 1. The number of nitrogen functional groups attached to an aromatic ring is 2. The predicted molar refractivity (Wildman–Crippen MR) is 513 cm³/mol. The topological polar surface area (TPSA) is 488 Å². The number of amides is 3. The van der Waals surface area contributed by atoms with Crippen molar-refractivity contribution < 1.29 is 96.4 Å². The highest BCUT2D eigenvalue weighted by Crippen LogP contribution is 2.40. The van der Waals surface area contributed by atoms with Gasteiger partial charge in [-0.1, -0.05) is 82.7 Å². The van der Waals surface area contributed by atoms with E-state index < -0.39 is 84.1 Å². The Balaban J connectivity index is 0.540. The number of anilines is 4. The molecule has 0 unspecified atom stereocenters. The standard InChI is InChI=1S/C99H142N18O20/c1-62-20-13-11-14-21-63(2)81(129-8)53-74-28-25-68(7)99(128,137-74)91(125)94(126)116-33-18-16-23-76(116)95(127)135-82(65(4)50-69-26-29-78(120)83(51-69)130-9)54-79(121)64(3)49-67(6)89(124)90(131-10)87(66(5)48-62)111-134-60-73(118)22-19-44-132-45-31-84(122)102-55-70-56-103-97(104-57-70)115-41-39-113(40-42-115)85(123)32-46-133-47-43-112-35-37-114(38-36-112)98-105-58-72(59-106-98)77(119)24-15-12-17-34-117-93-86(92(100)107-61-108-93)88(110-117)71-27-30-80-75(52-71)109-96(101)136-80/h11,13-14,20-21,27,30,49,52,56-59,61-62,64-66,68-69,74,76,78-79,81-83,89-90,120-121,124,128H,12,15-19,22-26,28-29,31-48,50-51,53-55,60H2,1-10H3,(H2,101,109)(H,102,122)(H2,100,107,108)/b14-11+,20-13+,63-21+,67-49+,111-87?/t62-,64-,65-,66-,68-,69+,74+,76+,78-,79-,81+,82+,83-,89-,90+,99-/m1/s1. The normalized spacial score (nSPS) is 27.7. The second-order valence-corrected chi connectivity index (χ2v) is 37.7. The number of Topliss-reactive ketones (excluding diaryl/α,β-unsaturated/α-hetero) is 3. The summed E-state index contributed by atoms with van der Waals surface area (Å²) in [4.78, 5) is 143. The number of hydrogen-bond acceptors (Lipinski definition) is 34. The SMILES string of the molecule is CO[C@H]1C[C@@H]2CC[C@@H](C)[C@@](O)(O2)C(=O)C(=O)N2CCCC[C@H]2C(=O)O[C@H]([C@H](C)C[C@@H]2CC[C@@H](O)[C@H](OC)C2)C[C@@H](O)[C@H](C)/C=C(\C)[C@@H](O)[C@@H](OC)C(=NOCC(=O)CCCOCCC(=O)NCc2cnc(N3CCN(C(=O)CCOCCN4CCN(c5ncc(C(=O)CCCCCn6nc(-c7ccc8oc(N)nc8c7)c7c(N)ncnc76)cn5)CC4)CC3)nc2)[C@H](C)C[C@H](C)/C=C/C=C/C=C/1C. The molecule has 5 aromatic heterocycles. The first-order valence-electron chi connectivity index (χ1n) is 48.7. The number of oxime groups is 1. The third-order valence-electron chi connectivity index (χ3n) is 27.5. The van der Waals surface area contributed by atoms with Crippen molar-refractivity contribution in [3.05, 3.63) is 108 Å². The number of methoxy groups -OCH3 is 3. The Hall–Kier alpha value is -10.5. The average Bonchev–Trinajstić information content (AvgIpc) is 1.73. The van der Waals surface area contributed by atoms with Crippen molar-refractivity contribution >= 4 is 92.6 Å². The second kappa shape index (κ2) is 51.4. The van der Waals surface area contributed by atoms with Crippen LogP contribution in [0, 0.1) is 35.5 Å². The Morgan fingerprint density at radius 2 is 1.44 bits per heavy atom. The molecule has 5 fully saturated rings. The number of rotatable bonds is 34. The molecule has 12 rings (SSSR count). The van der Waals surface area contributed by atoms with Crippen molar-refractivity contribution in [1.29, 1.82) is 0 Å². The largest absolute Gasteiger partial charge is 0.460 e. The molecule has 0 radical (unpaired) electrons. The minimum Gasteiger partial charge on any atom is -0.460 e. The highest BCUT2D eigenvalue weighted by molar-refractivity contribution is 6.39. The van der Waals surface area contributed by atoms with E-state index in [2.05, 4.69) is 55.2 Å². The van der Waals surface area contributed by atoms with Crippen molar-refractivity contribution in [3.8, 4) is 11.3 Å². The number of aryl methyl sites for hydroxylation is 1. The number of hydrogen-bond donors (Lipinski definition) is 7. The first kappa shape index (κ1) is 105. The number of carbonyl (C=O) groups is 7. The van der Waals surface area contributed by atoms with Gasteiger partial charge in [0.25, 0.3) is 17.7 Å². The maximum Gasteiger partial charge on any atom is 0.329 e. The Kier molecular flexibility index (Phi) is 39.5. The van der Waals surface area contributed by atoms with Gasteiger partial charge in [-0.3, -0.25) is 33.7 Å². The van der Waals surface area contributed by atoms with Gasteiger partial charge in [0, 0.05) is 192 Å². The Labute approximate surface area is 801 Å². The molecule has 6 aromatic rings. The highest BCUT2D eigenvalue weighted by Gasteiger charge is 2.53. The van der Waals surface area contributed by atoms with Gasteiger partial charge in [-0.2, -0.15) is 10.1 Å². The predicted octanol–water partition coefficient (Wildman–Crippen LogP) is 8.86. The van der Waals surface area contributed by atoms with Crippen LogP contribution in [0.25, 0.3) is 33.4 Å². The summed E-state index contributed by atoms with van der Waals surface area (Å²) >= 11 is 0. The van der Waals surface area contributed by atoms with Gasteiger partial charge in [0.15, 0.2) is 29.4 Å². The summed E-state index contributed by atoms with van der Waals surface area (Å²) in [5.41, 5.74) is 18.1. The fourth-order valence-corrected chi connectivity index (χ4v) is 19.1. The molecule has 1 aromatic carbocycles. The van der Waals surface area contributed by atoms with Crippen molar-refractivity contribution in [2.75, 3.05) is 141 Å². The molecular weight excluding hydrogens is 1760 g/mol. The van der Waals surface area contributed by atoms with Crippen molar-refractivity contribution in [3.63, 3.8) is 0 Å². The number of ether oxygens (including phenoxy) is 7. The monoisotopic (exact) mass is 1900 g/mol. The number of benzene rings is 1. The van der Waals surface area contributed by atoms with Crippen LogP contribution in [0.5, 0.6) is 0 Å². The van der Waals surface area contributed by atoms with Gasteiger partial charge in [-0.25, -0.2) is 39.4 Å². The number of carbonyl (C=O) groups excluding carboxylic acids is 7. The first-order valence-corrected chi connectivity index (χ1v) is 48.7. The zero-order chi connectivity index (χ0) is 97.8. The number of aliphatic hydroxyl groups is 4. The number of ketones is 3. The Bertz CT molecular complexity index is 5130. The molecule has 38 heteroatoms. The highest BCUT2D eigenvalue weighted by atomic mass is 16.6. The van der Waals surface area contributed by atoms with Crippen LogP contribution in [-0.2, 0) is 79.9 Å². The maximum atomic E-state index is 14.8. The molecule has 1 aliphatic carbocycles. The molecule has 10 heterocycles. The zero-order valence-corrected chi connectivity index (χ0v) is 81.1. The third-order valence-corrected chi connectivity index (χ3v) is 27.5. The van der Waals surface area contributed by atoms with E-state index in [-0.39, 0.29) is 131 Å². The Morgan fingerprint density at radius 1 is 0.708 bits per heavy atom. The molecule has 137 heavy (non-hydrogen) atoms. The van der Waals surface area contributed by atoms with Crippen LogP contribution >= 0.6 is 0 Å². The number of nitrogens with zero attached hydrogens (tertiary/aromatic N) is 15. The molecule has 9 N–H and O–H groups in total. The fraction of sp³-hybridized carbons (Fsp3) is 0.636. The van der Waals surface area contributed by atoms with Crippen molar-refractivity contribution in [2.24, 2.45) is 40.7 Å². The number of unbranched alkanes of at least 4 members (excludes halogenated alkanes) is 2. The van der Waals surface area contributed by atoms with E-state index in [1.807, 2.05) is 84.7 Å².